The standard InChI is InChI=1S/C23H30N2O4/c1-29-23(28)20-9-5-13-25(20)22(27)19-8-4-12-24(19)21(26)15-16-10-11-17-6-2-3-7-18(17)14-16/h2-3,6-7,16,19-20H,4-5,8-15H2,1H3/t16?,19-,20-/m0/s1. The molecule has 2 fully saturated rings. The highest BCUT2D eigenvalue weighted by atomic mass is 16.5. The maximum atomic E-state index is 13.2. The van der Waals surface area contributed by atoms with Crippen LogP contribution in [-0.4, -0.2) is 59.9 Å². The van der Waals surface area contributed by atoms with Gasteiger partial charge in [0.15, 0.2) is 0 Å². The van der Waals surface area contributed by atoms with Gasteiger partial charge in [-0.3, -0.25) is 9.59 Å². The second kappa shape index (κ2) is 8.56. The van der Waals surface area contributed by atoms with Gasteiger partial charge in [-0.05, 0) is 62.0 Å². The van der Waals surface area contributed by atoms with Gasteiger partial charge in [0.2, 0.25) is 11.8 Å². The molecule has 1 aromatic rings. The van der Waals surface area contributed by atoms with Crippen molar-refractivity contribution in [1.82, 2.24) is 9.80 Å². The summed E-state index contributed by atoms with van der Waals surface area (Å²) in [5.41, 5.74) is 2.75. The maximum absolute atomic E-state index is 13.2. The van der Waals surface area contributed by atoms with Gasteiger partial charge in [-0.2, -0.15) is 0 Å². The summed E-state index contributed by atoms with van der Waals surface area (Å²) < 4.78 is 4.87. The monoisotopic (exact) mass is 398 g/mol. The fraction of sp³-hybridized carbons (Fsp3) is 0.609. The Balaban J connectivity index is 1.40. The first-order chi connectivity index (χ1) is 14.1. The molecule has 6 nitrogen and oxygen atoms in total. The van der Waals surface area contributed by atoms with Crippen LogP contribution in [0.15, 0.2) is 24.3 Å². The van der Waals surface area contributed by atoms with E-state index in [0.717, 1.165) is 32.1 Å². The molecule has 0 radical (unpaired) electrons. The third-order valence-electron chi connectivity index (χ3n) is 6.78. The van der Waals surface area contributed by atoms with Gasteiger partial charge in [-0.15, -0.1) is 0 Å². The van der Waals surface area contributed by atoms with E-state index < -0.39 is 12.1 Å². The molecular formula is C23H30N2O4. The van der Waals surface area contributed by atoms with Gasteiger partial charge in [0.25, 0.3) is 0 Å². The molecule has 3 atom stereocenters. The molecule has 2 amide bonds. The van der Waals surface area contributed by atoms with Crippen LogP contribution >= 0.6 is 0 Å². The number of benzene rings is 1. The summed E-state index contributed by atoms with van der Waals surface area (Å²) in [6, 6.07) is 7.55. The van der Waals surface area contributed by atoms with Gasteiger partial charge in [-0.25, -0.2) is 4.79 Å². The van der Waals surface area contributed by atoms with Gasteiger partial charge in [0.05, 0.1) is 7.11 Å². The van der Waals surface area contributed by atoms with Gasteiger partial charge in [0, 0.05) is 19.5 Å². The Labute approximate surface area is 172 Å². The Bertz CT molecular complexity index is 793. The number of ether oxygens (including phenoxy) is 1. The summed E-state index contributed by atoms with van der Waals surface area (Å²) in [7, 11) is 1.36. The molecule has 29 heavy (non-hydrogen) atoms. The number of hydrogen-bond donors (Lipinski definition) is 0. The van der Waals surface area contributed by atoms with E-state index in [1.165, 1.54) is 18.2 Å². The zero-order valence-electron chi connectivity index (χ0n) is 17.1. The Hall–Kier alpha value is -2.37. The number of methoxy groups -OCH3 is 1. The van der Waals surface area contributed by atoms with E-state index in [9.17, 15) is 14.4 Å². The number of likely N-dealkylation sites (tertiary alicyclic amines) is 2. The van der Waals surface area contributed by atoms with Gasteiger partial charge < -0.3 is 14.5 Å². The van der Waals surface area contributed by atoms with E-state index >= 15 is 0 Å². The third-order valence-corrected chi connectivity index (χ3v) is 6.78. The molecule has 0 bridgehead atoms. The summed E-state index contributed by atoms with van der Waals surface area (Å²) in [4.78, 5) is 41.7. The molecule has 4 rings (SSSR count). The number of aryl methyl sites for hydroxylation is 1. The number of fused-ring (bicyclic) bond motifs is 1. The Morgan fingerprint density at radius 1 is 0.966 bits per heavy atom. The van der Waals surface area contributed by atoms with Crippen molar-refractivity contribution in [2.24, 2.45) is 5.92 Å². The number of rotatable bonds is 4. The van der Waals surface area contributed by atoms with Crippen molar-refractivity contribution in [3.05, 3.63) is 35.4 Å². The summed E-state index contributed by atoms with van der Waals surface area (Å²) in [6.45, 7) is 1.20. The minimum atomic E-state index is -0.500. The molecule has 3 aliphatic rings. The highest BCUT2D eigenvalue weighted by Crippen LogP contribution is 2.30. The fourth-order valence-electron chi connectivity index (χ4n) is 5.24. The maximum Gasteiger partial charge on any atom is 0.328 e. The quantitative estimate of drug-likeness (QED) is 0.730. The normalized spacial score (nSPS) is 26.3. The van der Waals surface area contributed by atoms with Gasteiger partial charge in [-0.1, -0.05) is 24.3 Å². The third kappa shape index (κ3) is 4.02. The van der Waals surface area contributed by atoms with Gasteiger partial charge in [0.1, 0.15) is 12.1 Å². The highest BCUT2D eigenvalue weighted by Gasteiger charge is 2.42. The number of carbonyl (C=O) groups excluding carboxylic acids is 3. The first kappa shape index (κ1) is 19.9. The number of nitrogens with zero attached hydrogens (tertiary/aromatic N) is 2. The molecule has 1 aliphatic carbocycles. The molecule has 0 N–H and O–H groups in total. The molecule has 0 aromatic heterocycles. The van der Waals surface area contributed by atoms with E-state index in [2.05, 4.69) is 24.3 Å². The largest absolute Gasteiger partial charge is 0.467 e. The second-order valence-electron chi connectivity index (χ2n) is 8.54. The predicted octanol–water partition coefficient (Wildman–Crippen LogP) is 2.34. The molecule has 0 saturated carbocycles. The van der Waals surface area contributed by atoms with Crippen molar-refractivity contribution in [3.8, 4) is 0 Å². The first-order valence-electron chi connectivity index (χ1n) is 10.8. The number of hydrogen-bond acceptors (Lipinski definition) is 4. The van der Waals surface area contributed by atoms with E-state index in [-0.39, 0.29) is 17.8 Å². The van der Waals surface area contributed by atoms with Crippen molar-refractivity contribution >= 4 is 17.8 Å². The van der Waals surface area contributed by atoms with Crippen molar-refractivity contribution in [1.29, 1.82) is 0 Å². The Kier molecular flexibility index (Phi) is 5.88. The molecule has 0 spiro atoms. The molecule has 2 saturated heterocycles. The molecular weight excluding hydrogens is 368 g/mol. The molecule has 156 valence electrons. The van der Waals surface area contributed by atoms with Crippen molar-refractivity contribution in [3.63, 3.8) is 0 Å². The van der Waals surface area contributed by atoms with Crippen LogP contribution < -0.4 is 0 Å². The van der Waals surface area contributed by atoms with Crippen LogP contribution in [0.4, 0.5) is 0 Å². The van der Waals surface area contributed by atoms with Crippen LogP contribution in [0.2, 0.25) is 0 Å². The lowest BCUT2D eigenvalue weighted by Gasteiger charge is -2.32. The lowest BCUT2D eigenvalue weighted by atomic mass is 9.82. The zero-order valence-corrected chi connectivity index (χ0v) is 17.1. The lowest BCUT2D eigenvalue weighted by Crippen LogP contribution is -2.51. The molecule has 6 heteroatoms. The molecule has 2 heterocycles. The van der Waals surface area contributed by atoms with Crippen molar-refractivity contribution < 1.29 is 19.1 Å². The summed E-state index contributed by atoms with van der Waals surface area (Å²) in [5, 5.41) is 0. The van der Waals surface area contributed by atoms with Crippen LogP contribution in [0.5, 0.6) is 0 Å². The highest BCUT2D eigenvalue weighted by molar-refractivity contribution is 5.91. The number of esters is 1. The van der Waals surface area contributed by atoms with E-state index in [1.54, 1.807) is 9.80 Å². The van der Waals surface area contributed by atoms with Crippen LogP contribution in [0, 0.1) is 5.92 Å². The van der Waals surface area contributed by atoms with Crippen LogP contribution in [0.1, 0.15) is 49.7 Å². The number of carbonyl (C=O) groups is 3. The van der Waals surface area contributed by atoms with Crippen molar-refractivity contribution in [2.45, 2.75) is 63.5 Å². The minimum Gasteiger partial charge on any atom is -0.467 e. The Morgan fingerprint density at radius 3 is 2.41 bits per heavy atom. The van der Waals surface area contributed by atoms with E-state index in [1.807, 2.05) is 0 Å². The zero-order chi connectivity index (χ0) is 20.4. The van der Waals surface area contributed by atoms with E-state index in [0.29, 0.717) is 38.3 Å². The lowest BCUT2D eigenvalue weighted by molar-refractivity contribution is -0.153. The number of amides is 2. The van der Waals surface area contributed by atoms with Crippen molar-refractivity contribution in [2.75, 3.05) is 20.2 Å². The molecule has 2 aliphatic heterocycles. The molecule has 1 aromatic carbocycles. The average Bonchev–Trinajstić information content (AvgIpc) is 3.42. The predicted molar refractivity (Wildman–Crippen MR) is 108 cm³/mol. The van der Waals surface area contributed by atoms with Crippen LogP contribution in [0.3, 0.4) is 0 Å². The van der Waals surface area contributed by atoms with Crippen LogP contribution in [0.25, 0.3) is 0 Å². The Morgan fingerprint density at radius 2 is 1.66 bits per heavy atom. The summed E-state index contributed by atoms with van der Waals surface area (Å²) in [6.07, 6.45) is 6.43. The minimum absolute atomic E-state index is 0.0825. The smallest absolute Gasteiger partial charge is 0.328 e. The summed E-state index contributed by atoms with van der Waals surface area (Å²) in [5.74, 6) is -0.0206. The SMILES string of the molecule is COC(=O)[C@@H]1CCCN1C(=O)[C@@H]1CCCN1C(=O)CC1CCc2ccccc2C1. The fourth-order valence-corrected chi connectivity index (χ4v) is 5.24. The first-order valence-corrected chi connectivity index (χ1v) is 10.8. The summed E-state index contributed by atoms with van der Waals surface area (Å²) >= 11 is 0. The van der Waals surface area contributed by atoms with Gasteiger partial charge >= 0.3 is 5.97 Å². The van der Waals surface area contributed by atoms with Crippen LogP contribution in [-0.2, 0) is 32.0 Å². The topological polar surface area (TPSA) is 66.9 Å². The van der Waals surface area contributed by atoms with E-state index in [4.69, 9.17) is 4.74 Å². The molecule has 1 unspecified atom stereocenters. The second-order valence-corrected chi connectivity index (χ2v) is 8.54. The average molecular weight is 399 g/mol.